The lowest BCUT2D eigenvalue weighted by Crippen LogP contribution is -2.17. The van der Waals surface area contributed by atoms with Gasteiger partial charge in [-0.15, -0.1) is 10.2 Å². The minimum absolute atomic E-state index is 0.260. The fraction of sp³-hybridized carbons (Fsp3) is 0.421. The number of carbonyl (C=O) groups excluding carboxylic acids is 1. The molecule has 1 amide bonds. The summed E-state index contributed by atoms with van der Waals surface area (Å²) in [5, 5.41) is 14.1. The molecule has 6 heteroatoms. The Kier molecular flexibility index (Phi) is 6.89. The molecule has 134 valence electrons. The predicted molar refractivity (Wildman–Crippen MR) is 102 cm³/mol. The molecule has 0 bridgehead atoms. The first-order valence-corrected chi connectivity index (χ1v) is 8.59. The topological polar surface area (TPSA) is 70.2 Å². The van der Waals surface area contributed by atoms with Crippen LogP contribution in [0.1, 0.15) is 42.2 Å². The molecule has 0 aliphatic carbocycles. The molecular weight excluding hydrogens is 314 g/mol. The van der Waals surface area contributed by atoms with Crippen molar-refractivity contribution in [2.24, 2.45) is 0 Å². The molecule has 0 spiro atoms. The van der Waals surface area contributed by atoms with E-state index in [0.717, 1.165) is 25.2 Å². The third kappa shape index (κ3) is 6.15. The van der Waals surface area contributed by atoms with E-state index in [2.05, 4.69) is 39.6 Å². The molecule has 0 fully saturated rings. The van der Waals surface area contributed by atoms with Gasteiger partial charge in [0.2, 0.25) is 0 Å². The summed E-state index contributed by atoms with van der Waals surface area (Å²) in [5.41, 5.74) is 2.29. The third-order valence-electron chi connectivity index (χ3n) is 3.82. The third-order valence-corrected chi connectivity index (χ3v) is 3.82. The highest BCUT2D eigenvalue weighted by Crippen LogP contribution is 2.17. The van der Waals surface area contributed by atoms with Crippen LogP contribution in [0, 0.1) is 0 Å². The van der Waals surface area contributed by atoms with Crippen LogP contribution in [0.3, 0.4) is 0 Å². The number of nitrogens with zero attached hydrogens (tertiary/aromatic N) is 3. The van der Waals surface area contributed by atoms with Crippen molar-refractivity contribution >= 4 is 17.4 Å². The van der Waals surface area contributed by atoms with Gasteiger partial charge in [-0.1, -0.05) is 26.0 Å². The van der Waals surface area contributed by atoms with Gasteiger partial charge in [0.05, 0.1) is 0 Å². The summed E-state index contributed by atoms with van der Waals surface area (Å²) < 4.78 is 0. The van der Waals surface area contributed by atoms with Gasteiger partial charge in [-0.2, -0.15) is 0 Å². The Hall–Kier alpha value is -2.47. The van der Waals surface area contributed by atoms with Crippen molar-refractivity contribution < 1.29 is 4.79 Å². The van der Waals surface area contributed by atoms with Crippen LogP contribution in [0.4, 0.5) is 11.5 Å². The molecule has 25 heavy (non-hydrogen) atoms. The van der Waals surface area contributed by atoms with E-state index in [-0.39, 0.29) is 5.91 Å². The molecule has 0 aliphatic rings. The van der Waals surface area contributed by atoms with E-state index in [4.69, 9.17) is 0 Å². The number of amides is 1. The van der Waals surface area contributed by atoms with Crippen LogP contribution in [0.2, 0.25) is 0 Å². The Morgan fingerprint density at radius 3 is 2.36 bits per heavy atom. The van der Waals surface area contributed by atoms with Gasteiger partial charge in [-0.25, -0.2) is 0 Å². The fourth-order valence-electron chi connectivity index (χ4n) is 2.31. The number of carbonyl (C=O) groups is 1. The predicted octanol–water partition coefficient (Wildman–Crippen LogP) is 3.22. The van der Waals surface area contributed by atoms with Gasteiger partial charge < -0.3 is 15.5 Å². The molecule has 1 aromatic carbocycles. The molecule has 0 unspecified atom stereocenters. The van der Waals surface area contributed by atoms with Crippen LogP contribution in [0.25, 0.3) is 0 Å². The van der Waals surface area contributed by atoms with E-state index in [0.29, 0.717) is 17.4 Å². The summed E-state index contributed by atoms with van der Waals surface area (Å²) in [6.07, 6.45) is 1.02. The van der Waals surface area contributed by atoms with Crippen LogP contribution in [-0.2, 0) is 0 Å². The lowest BCUT2D eigenvalue weighted by molar-refractivity contribution is 0.102. The number of rotatable bonds is 8. The molecule has 2 N–H and O–H groups in total. The van der Waals surface area contributed by atoms with Gasteiger partial charge in [0, 0.05) is 12.2 Å². The second-order valence-electron chi connectivity index (χ2n) is 6.62. The molecule has 0 aliphatic heterocycles. The summed E-state index contributed by atoms with van der Waals surface area (Å²) in [6.45, 7) is 6.11. The first kappa shape index (κ1) is 18.9. The van der Waals surface area contributed by atoms with E-state index in [1.165, 1.54) is 5.56 Å². The standard InChI is InChI=1S/C19H27N5O/c1-14(2)15-6-8-16(9-7-15)21-19(25)17-10-11-18(23-22-17)20-12-5-13-24(3)4/h6-11,14H,5,12-13H2,1-4H3,(H,20,23)(H,21,25). The summed E-state index contributed by atoms with van der Waals surface area (Å²) >= 11 is 0. The number of benzene rings is 1. The number of hydrogen-bond donors (Lipinski definition) is 2. The smallest absolute Gasteiger partial charge is 0.276 e. The van der Waals surface area contributed by atoms with Crippen LogP contribution in [-0.4, -0.2) is 48.2 Å². The van der Waals surface area contributed by atoms with Crippen LogP contribution in [0.15, 0.2) is 36.4 Å². The molecular formula is C19H27N5O. The van der Waals surface area contributed by atoms with E-state index < -0.39 is 0 Å². The monoisotopic (exact) mass is 341 g/mol. The largest absolute Gasteiger partial charge is 0.369 e. The molecule has 1 aromatic heterocycles. The van der Waals surface area contributed by atoms with Crippen LogP contribution in [0.5, 0.6) is 0 Å². The number of nitrogens with one attached hydrogen (secondary N) is 2. The lowest BCUT2D eigenvalue weighted by Gasteiger charge is -2.10. The Morgan fingerprint density at radius 2 is 1.80 bits per heavy atom. The molecule has 0 saturated heterocycles. The molecule has 0 saturated carbocycles. The van der Waals surface area contributed by atoms with Crippen molar-refractivity contribution in [2.75, 3.05) is 37.8 Å². The zero-order chi connectivity index (χ0) is 18.2. The normalized spacial score (nSPS) is 11.0. The maximum absolute atomic E-state index is 12.2. The molecule has 1 heterocycles. The molecule has 0 atom stereocenters. The van der Waals surface area contributed by atoms with E-state index in [9.17, 15) is 4.79 Å². The van der Waals surface area contributed by atoms with E-state index >= 15 is 0 Å². The van der Waals surface area contributed by atoms with Crippen molar-refractivity contribution in [1.29, 1.82) is 0 Å². The lowest BCUT2D eigenvalue weighted by atomic mass is 10.0. The summed E-state index contributed by atoms with van der Waals surface area (Å²) in [7, 11) is 4.09. The van der Waals surface area contributed by atoms with Crippen LogP contribution >= 0.6 is 0 Å². The number of anilines is 2. The Balaban J connectivity index is 1.87. The average molecular weight is 341 g/mol. The number of aromatic nitrogens is 2. The minimum Gasteiger partial charge on any atom is -0.369 e. The maximum Gasteiger partial charge on any atom is 0.276 e. The highest BCUT2D eigenvalue weighted by molar-refractivity contribution is 6.02. The summed E-state index contributed by atoms with van der Waals surface area (Å²) in [6, 6.07) is 11.3. The quantitative estimate of drug-likeness (QED) is 0.722. The Bertz CT molecular complexity index is 665. The summed E-state index contributed by atoms with van der Waals surface area (Å²) in [4.78, 5) is 14.4. The SMILES string of the molecule is CC(C)c1ccc(NC(=O)c2ccc(NCCCN(C)C)nn2)cc1. The van der Waals surface area contributed by atoms with Gasteiger partial charge in [-0.05, 0) is 62.8 Å². The second kappa shape index (κ2) is 9.13. The van der Waals surface area contributed by atoms with Crippen molar-refractivity contribution in [2.45, 2.75) is 26.2 Å². The highest BCUT2D eigenvalue weighted by Gasteiger charge is 2.09. The van der Waals surface area contributed by atoms with Crippen LogP contribution < -0.4 is 10.6 Å². The van der Waals surface area contributed by atoms with Gasteiger partial charge in [0.25, 0.3) is 5.91 Å². The van der Waals surface area contributed by atoms with Gasteiger partial charge in [0.1, 0.15) is 5.82 Å². The van der Waals surface area contributed by atoms with Gasteiger partial charge in [-0.3, -0.25) is 4.79 Å². The number of hydrogen-bond acceptors (Lipinski definition) is 5. The Labute approximate surface area is 149 Å². The van der Waals surface area contributed by atoms with Crippen molar-refractivity contribution in [3.8, 4) is 0 Å². The molecule has 2 rings (SSSR count). The van der Waals surface area contributed by atoms with Gasteiger partial charge in [0.15, 0.2) is 5.69 Å². The Morgan fingerprint density at radius 1 is 1.08 bits per heavy atom. The van der Waals surface area contributed by atoms with Crippen molar-refractivity contribution in [3.05, 3.63) is 47.7 Å². The fourth-order valence-corrected chi connectivity index (χ4v) is 2.31. The minimum atomic E-state index is -0.260. The first-order chi connectivity index (χ1) is 12.0. The van der Waals surface area contributed by atoms with Crippen molar-refractivity contribution in [3.63, 3.8) is 0 Å². The zero-order valence-corrected chi connectivity index (χ0v) is 15.4. The van der Waals surface area contributed by atoms with E-state index in [1.807, 2.05) is 38.4 Å². The first-order valence-electron chi connectivity index (χ1n) is 8.59. The highest BCUT2D eigenvalue weighted by atomic mass is 16.1. The zero-order valence-electron chi connectivity index (χ0n) is 15.4. The summed E-state index contributed by atoms with van der Waals surface area (Å²) in [5.74, 6) is 0.883. The van der Waals surface area contributed by atoms with E-state index in [1.54, 1.807) is 12.1 Å². The van der Waals surface area contributed by atoms with Gasteiger partial charge >= 0.3 is 0 Å². The van der Waals surface area contributed by atoms with Crippen molar-refractivity contribution in [1.82, 2.24) is 15.1 Å². The molecule has 0 radical (unpaired) electrons. The second-order valence-corrected chi connectivity index (χ2v) is 6.62. The molecule has 6 nitrogen and oxygen atoms in total. The average Bonchev–Trinajstić information content (AvgIpc) is 2.59. The molecule has 2 aromatic rings. The maximum atomic E-state index is 12.2.